The van der Waals surface area contributed by atoms with Crippen LogP contribution < -0.4 is 10.0 Å². The molecule has 0 unspecified atom stereocenters. The molecule has 0 bridgehead atoms. The minimum Gasteiger partial charge on any atom is -0.468 e. The third-order valence-electron chi connectivity index (χ3n) is 2.60. The Labute approximate surface area is 123 Å². The van der Waals surface area contributed by atoms with Gasteiger partial charge in [-0.3, -0.25) is 0 Å². The molecule has 0 amide bonds. The maximum Gasteiger partial charge on any atom is 0.250 e. The normalized spacial score (nSPS) is 12.2. The van der Waals surface area contributed by atoms with Gasteiger partial charge in [0, 0.05) is 17.5 Å². The zero-order valence-corrected chi connectivity index (χ0v) is 13.1. The summed E-state index contributed by atoms with van der Waals surface area (Å²) in [5.41, 5.74) is 0. The lowest BCUT2D eigenvalue weighted by atomic mass is 10.4. The Morgan fingerprint density at radius 1 is 1.25 bits per heavy atom. The van der Waals surface area contributed by atoms with Crippen LogP contribution in [0.2, 0.25) is 0 Å². The Kier molecular flexibility index (Phi) is 4.98. The second-order valence-electron chi connectivity index (χ2n) is 4.66. The molecule has 110 valence electrons. The van der Waals surface area contributed by atoms with Crippen molar-refractivity contribution in [2.75, 3.05) is 0 Å². The lowest BCUT2D eigenvalue weighted by Crippen LogP contribution is -2.22. The molecule has 0 aromatic carbocycles. The molecule has 0 radical (unpaired) electrons. The van der Waals surface area contributed by atoms with Crippen LogP contribution in [-0.2, 0) is 23.1 Å². The minimum absolute atomic E-state index is 0.160. The highest BCUT2D eigenvalue weighted by molar-refractivity contribution is 7.91. The number of hydrogen-bond acceptors (Lipinski definition) is 5. The Morgan fingerprint density at radius 2 is 2.05 bits per heavy atom. The molecule has 0 fully saturated rings. The Hall–Kier alpha value is -1.15. The van der Waals surface area contributed by atoms with Crippen LogP contribution in [0.3, 0.4) is 0 Å². The predicted molar refractivity (Wildman–Crippen MR) is 79.0 cm³/mol. The highest BCUT2D eigenvalue weighted by Gasteiger charge is 2.17. The average molecular weight is 314 g/mol. The van der Waals surface area contributed by atoms with Gasteiger partial charge in [0.05, 0.1) is 12.8 Å². The van der Waals surface area contributed by atoms with Crippen LogP contribution >= 0.6 is 11.3 Å². The lowest BCUT2D eigenvalue weighted by Gasteiger charge is -2.05. The van der Waals surface area contributed by atoms with Gasteiger partial charge >= 0.3 is 0 Å². The zero-order chi connectivity index (χ0) is 14.6. The predicted octanol–water partition coefficient (Wildman–Crippen LogP) is 2.32. The molecule has 0 atom stereocenters. The van der Waals surface area contributed by atoms with E-state index in [1.807, 2.05) is 6.07 Å². The van der Waals surface area contributed by atoms with Gasteiger partial charge < -0.3 is 9.73 Å². The van der Waals surface area contributed by atoms with E-state index in [-0.39, 0.29) is 6.54 Å². The first-order chi connectivity index (χ1) is 9.47. The monoisotopic (exact) mass is 314 g/mol. The molecule has 0 aliphatic heterocycles. The van der Waals surface area contributed by atoms with Gasteiger partial charge in [-0.25, -0.2) is 13.1 Å². The van der Waals surface area contributed by atoms with Crippen molar-refractivity contribution in [3.63, 3.8) is 0 Å². The van der Waals surface area contributed by atoms with Gasteiger partial charge in [-0.05, 0) is 24.3 Å². The summed E-state index contributed by atoms with van der Waals surface area (Å²) >= 11 is 1.28. The molecule has 2 aromatic rings. The topological polar surface area (TPSA) is 71.3 Å². The molecule has 5 nitrogen and oxygen atoms in total. The first-order valence-electron chi connectivity index (χ1n) is 6.31. The molecular weight excluding hydrogens is 296 g/mol. The van der Waals surface area contributed by atoms with E-state index in [1.54, 1.807) is 18.2 Å². The smallest absolute Gasteiger partial charge is 0.250 e. The van der Waals surface area contributed by atoms with Crippen molar-refractivity contribution in [3.8, 4) is 0 Å². The van der Waals surface area contributed by atoms with E-state index in [2.05, 4.69) is 23.9 Å². The van der Waals surface area contributed by atoms with Gasteiger partial charge in [0.15, 0.2) is 0 Å². The van der Waals surface area contributed by atoms with Crippen LogP contribution in [0.25, 0.3) is 0 Å². The molecule has 2 N–H and O–H groups in total. The fourth-order valence-electron chi connectivity index (χ4n) is 1.55. The molecule has 0 spiro atoms. The summed E-state index contributed by atoms with van der Waals surface area (Å²) in [7, 11) is -3.47. The largest absolute Gasteiger partial charge is 0.468 e. The van der Waals surface area contributed by atoms with Crippen LogP contribution in [-0.4, -0.2) is 14.5 Å². The molecule has 0 saturated carbocycles. The van der Waals surface area contributed by atoms with E-state index in [0.717, 1.165) is 4.88 Å². The van der Waals surface area contributed by atoms with Gasteiger partial charge in [-0.2, -0.15) is 0 Å². The fourth-order valence-corrected chi connectivity index (χ4v) is 3.90. The van der Waals surface area contributed by atoms with Crippen molar-refractivity contribution >= 4 is 21.4 Å². The first-order valence-corrected chi connectivity index (χ1v) is 8.61. The third-order valence-corrected chi connectivity index (χ3v) is 5.58. The van der Waals surface area contributed by atoms with Gasteiger partial charge in [0.1, 0.15) is 9.97 Å². The van der Waals surface area contributed by atoms with Crippen LogP contribution in [0.4, 0.5) is 0 Å². The molecule has 20 heavy (non-hydrogen) atoms. The molecule has 0 aliphatic rings. The van der Waals surface area contributed by atoms with E-state index < -0.39 is 10.0 Å². The van der Waals surface area contributed by atoms with E-state index in [9.17, 15) is 8.42 Å². The lowest BCUT2D eigenvalue weighted by molar-refractivity contribution is 0.499. The summed E-state index contributed by atoms with van der Waals surface area (Å²) in [6.45, 7) is 4.94. The van der Waals surface area contributed by atoms with Crippen molar-refractivity contribution < 1.29 is 12.8 Å². The Morgan fingerprint density at radius 3 is 2.70 bits per heavy atom. The van der Waals surface area contributed by atoms with Crippen LogP contribution in [0, 0.1) is 0 Å². The van der Waals surface area contributed by atoms with Crippen molar-refractivity contribution in [2.24, 2.45) is 0 Å². The number of thiophene rings is 1. The summed E-state index contributed by atoms with van der Waals surface area (Å²) in [5.74, 6) is 0.590. The van der Waals surface area contributed by atoms with E-state index in [4.69, 9.17) is 4.42 Å². The molecule has 2 heterocycles. The third kappa shape index (κ3) is 4.17. The Balaban J connectivity index is 1.98. The molecule has 0 aliphatic carbocycles. The molecule has 2 aromatic heterocycles. The molecule has 0 saturated heterocycles. The van der Waals surface area contributed by atoms with Gasteiger partial charge in [0.25, 0.3) is 0 Å². The average Bonchev–Trinajstić information content (AvgIpc) is 3.05. The van der Waals surface area contributed by atoms with Gasteiger partial charge in [-0.15, -0.1) is 11.3 Å². The summed E-state index contributed by atoms with van der Waals surface area (Å²) in [6, 6.07) is 7.29. The van der Waals surface area contributed by atoms with Gasteiger partial charge in [0.2, 0.25) is 10.0 Å². The summed E-state index contributed by atoms with van der Waals surface area (Å²) in [6.07, 6.45) is 1.52. The van der Waals surface area contributed by atoms with Crippen LogP contribution in [0.1, 0.15) is 24.5 Å². The van der Waals surface area contributed by atoms with Crippen LogP contribution in [0.5, 0.6) is 0 Å². The first kappa shape index (κ1) is 15.2. The second-order valence-corrected chi connectivity index (χ2v) is 7.82. The second kappa shape index (κ2) is 6.53. The molecular formula is C13H18N2O3S2. The highest BCUT2D eigenvalue weighted by atomic mass is 32.2. The number of rotatable bonds is 7. The zero-order valence-electron chi connectivity index (χ0n) is 11.4. The fraction of sp³-hybridized carbons (Fsp3) is 0.385. The van der Waals surface area contributed by atoms with Gasteiger partial charge in [-0.1, -0.05) is 13.8 Å². The quantitative estimate of drug-likeness (QED) is 0.823. The maximum absolute atomic E-state index is 12.1. The summed E-state index contributed by atoms with van der Waals surface area (Å²) in [5, 5.41) is 3.26. The SMILES string of the molecule is CC(C)NCc1ccc(S(=O)(=O)NCc2ccco2)s1. The van der Waals surface area contributed by atoms with E-state index in [0.29, 0.717) is 22.6 Å². The minimum atomic E-state index is -3.47. The maximum atomic E-state index is 12.1. The molecule has 7 heteroatoms. The number of sulfonamides is 1. The summed E-state index contributed by atoms with van der Waals surface area (Å²) in [4.78, 5) is 0.997. The molecule has 2 rings (SSSR count). The summed E-state index contributed by atoms with van der Waals surface area (Å²) < 4.78 is 32.2. The van der Waals surface area contributed by atoms with Crippen molar-refractivity contribution in [1.82, 2.24) is 10.0 Å². The van der Waals surface area contributed by atoms with E-state index in [1.165, 1.54) is 17.6 Å². The number of furan rings is 1. The number of nitrogens with one attached hydrogen (secondary N) is 2. The van der Waals surface area contributed by atoms with E-state index >= 15 is 0 Å². The van der Waals surface area contributed by atoms with Crippen LogP contribution in [0.15, 0.2) is 39.2 Å². The standard InChI is InChI=1S/C13H18N2O3S2/c1-10(2)14-9-12-5-6-13(19-12)20(16,17)15-8-11-4-3-7-18-11/h3-7,10,14-15H,8-9H2,1-2H3. The Bertz CT molecular complexity index is 630. The van der Waals surface area contributed by atoms with Crippen molar-refractivity contribution in [1.29, 1.82) is 0 Å². The van der Waals surface area contributed by atoms with Crippen molar-refractivity contribution in [2.45, 2.75) is 37.2 Å². The highest BCUT2D eigenvalue weighted by Crippen LogP contribution is 2.21. The number of hydrogen-bond donors (Lipinski definition) is 2. The van der Waals surface area contributed by atoms with Crippen molar-refractivity contribution in [3.05, 3.63) is 41.2 Å².